The third kappa shape index (κ3) is 1.67. The van der Waals surface area contributed by atoms with Crippen LogP contribution in [0.1, 0.15) is 29.5 Å². The Kier molecular flexibility index (Phi) is 2.42. The molecule has 0 amide bonds. The smallest absolute Gasteiger partial charge is 0.0960 e. The minimum atomic E-state index is 0.727. The number of aromatic nitrogens is 1. The van der Waals surface area contributed by atoms with Crippen LogP contribution in [0.2, 0.25) is 0 Å². The molecule has 0 radical (unpaired) electrons. The van der Waals surface area contributed by atoms with Crippen LogP contribution in [0, 0.1) is 6.92 Å². The van der Waals surface area contributed by atoms with Crippen molar-refractivity contribution in [2.45, 2.75) is 25.7 Å². The molecule has 1 aromatic heterocycles. The van der Waals surface area contributed by atoms with Gasteiger partial charge >= 0.3 is 0 Å². The van der Waals surface area contributed by atoms with Crippen LogP contribution in [0.4, 0.5) is 0 Å². The van der Waals surface area contributed by atoms with Gasteiger partial charge in [0.1, 0.15) is 0 Å². The van der Waals surface area contributed by atoms with Gasteiger partial charge in [-0.05, 0) is 32.9 Å². The van der Waals surface area contributed by atoms with Crippen LogP contribution in [0.15, 0.2) is 5.38 Å². The van der Waals surface area contributed by atoms with Gasteiger partial charge in [0, 0.05) is 17.0 Å². The number of nitrogens with zero attached hydrogens (tertiary/aromatic N) is 1. The van der Waals surface area contributed by atoms with Crippen LogP contribution in [-0.2, 0) is 0 Å². The molecule has 2 nitrogen and oxygen atoms in total. The lowest BCUT2D eigenvalue weighted by molar-refractivity contribution is 0.459. The van der Waals surface area contributed by atoms with E-state index < -0.39 is 0 Å². The average molecular weight is 182 g/mol. The Morgan fingerprint density at radius 1 is 1.50 bits per heavy atom. The zero-order chi connectivity index (χ0) is 8.39. The fraction of sp³-hybridized carbons (Fsp3) is 0.667. The Hall–Kier alpha value is -0.410. The van der Waals surface area contributed by atoms with Crippen molar-refractivity contribution in [1.82, 2.24) is 10.3 Å². The van der Waals surface area contributed by atoms with E-state index in [1.807, 2.05) is 11.3 Å². The highest BCUT2D eigenvalue weighted by Gasteiger charge is 2.17. The zero-order valence-corrected chi connectivity index (χ0v) is 8.16. The van der Waals surface area contributed by atoms with E-state index in [9.17, 15) is 0 Å². The van der Waals surface area contributed by atoms with Crippen LogP contribution in [0.3, 0.4) is 0 Å². The van der Waals surface area contributed by atoms with Gasteiger partial charge in [0.25, 0.3) is 0 Å². The molecule has 1 fully saturated rings. The first-order chi connectivity index (χ1) is 5.86. The topological polar surface area (TPSA) is 24.9 Å². The molecule has 0 aliphatic carbocycles. The minimum Gasteiger partial charge on any atom is -0.317 e. The highest BCUT2D eigenvalue weighted by atomic mass is 32.1. The van der Waals surface area contributed by atoms with Crippen molar-refractivity contribution in [1.29, 1.82) is 0 Å². The fourth-order valence-corrected chi connectivity index (χ4v) is 2.60. The third-order valence-electron chi connectivity index (χ3n) is 2.33. The molecule has 12 heavy (non-hydrogen) atoms. The number of rotatable bonds is 1. The van der Waals surface area contributed by atoms with E-state index in [1.165, 1.54) is 23.5 Å². The Bertz CT molecular complexity index is 251. The molecule has 0 unspecified atom stereocenters. The highest BCUT2D eigenvalue weighted by molar-refractivity contribution is 7.09. The van der Waals surface area contributed by atoms with Crippen molar-refractivity contribution >= 4 is 11.3 Å². The number of piperidine rings is 1. The summed E-state index contributed by atoms with van der Waals surface area (Å²) in [6.07, 6.45) is 2.51. The van der Waals surface area contributed by atoms with Crippen molar-refractivity contribution in [3.8, 4) is 0 Å². The van der Waals surface area contributed by atoms with Gasteiger partial charge in [-0.25, -0.2) is 4.98 Å². The largest absolute Gasteiger partial charge is 0.317 e. The van der Waals surface area contributed by atoms with E-state index in [-0.39, 0.29) is 0 Å². The number of aryl methyl sites for hydroxylation is 1. The Labute approximate surface area is 77.0 Å². The molecule has 0 spiro atoms. The van der Waals surface area contributed by atoms with Crippen LogP contribution in [0.5, 0.6) is 0 Å². The van der Waals surface area contributed by atoms with Gasteiger partial charge in [-0.15, -0.1) is 11.3 Å². The van der Waals surface area contributed by atoms with Gasteiger partial charge in [0.05, 0.1) is 5.01 Å². The second-order valence-electron chi connectivity index (χ2n) is 3.35. The summed E-state index contributed by atoms with van der Waals surface area (Å²) < 4.78 is 0. The van der Waals surface area contributed by atoms with E-state index in [0.29, 0.717) is 0 Å². The molecule has 0 saturated carbocycles. The van der Waals surface area contributed by atoms with Gasteiger partial charge in [-0.3, -0.25) is 0 Å². The molecule has 2 rings (SSSR count). The Morgan fingerprint density at radius 2 is 2.25 bits per heavy atom. The summed E-state index contributed by atoms with van der Waals surface area (Å²) in [4.78, 5) is 4.53. The van der Waals surface area contributed by atoms with Gasteiger partial charge < -0.3 is 5.32 Å². The van der Waals surface area contributed by atoms with Crippen molar-refractivity contribution in [3.63, 3.8) is 0 Å². The van der Waals surface area contributed by atoms with Crippen LogP contribution in [0.25, 0.3) is 0 Å². The van der Waals surface area contributed by atoms with Crippen LogP contribution in [-0.4, -0.2) is 18.1 Å². The molecule has 66 valence electrons. The lowest BCUT2D eigenvalue weighted by Gasteiger charge is -2.20. The minimum absolute atomic E-state index is 0.727. The molecule has 1 aromatic rings. The number of hydrogen-bond acceptors (Lipinski definition) is 3. The summed E-state index contributed by atoms with van der Waals surface area (Å²) in [5.74, 6) is 0.727. The summed E-state index contributed by atoms with van der Waals surface area (Å²) in [6.45, 7) is 4.38. The summed E-state index contributed by atoms with van der Waals surface area (Å²) in [5, 5.41) is 6.86. The zero-order valence-electron chi connectivity index (χ0n) is 7.34. The number of thiazole rings is 1. The van der Waals surface area contributed by atoms with E-state index >= 15 is 0 Å². The first-order valence-corrected chi connectivity index (χ1v) is 5.37. The summed E-state index contributed by atoms with van der Waals surface area (Å²) in [6, 6.07) is 0. The van der Waals surface area contributed by atoms with Crippen LogP contribution >= 0.6 is 11.3 Å². The predicted octanol–water partition coefficient (Wildman–Crippen LogP) is 1.92. The maximum Gasteiger partial charge on any atom is 0.0960 e. The summed E-state index contributed by atoms with van der Waals surface area (Å²) in [7, 11) is 0. The molecule has 1 aliphatic rings. The maximum absolute atomic E-state index is 4.53. The van der Waals surface area contributed by atoms with Gasteiger partial charge in [-0.1, -0.05) is 0 Å². The highest BCUT2D eigenvalue weighted by Crippen LogP contribution is 2.27. The second kappa shape index (κ2) is 3.54. The number of hydrogen-bond donors (Lipinski definition) is 1. The predicted molar refractivity (Wildman–Crippen MR) is 51.7 cm³/mol. The normalized spacial score (nSPS) is 19.8. The van der Waals surface area contributed by atoms with E-state index in [2.05, 4.69) is 22.6 Å². The van der Waals surface area contributed by atoms with Crippen molar-refractivity contribution in [2.24, 2.45) is 0 Å². The molecule has 0 atom stereocenters. The van der Waals surface area contributed by atoms with Gasteiger partial charge in [0.2, 0.25) is 0 Å². The number of nitrogens with one attached hydrogen (secondary N) is 1. The molecule has 1 saturated heterocycles. The fourth-order valence-electron chi connectivity index (χ4n) is 1.63. The first kappa shape index (κ1) is 8.20. The van der Waals surface area contributed by atoms with Crippen LogP contribution < -0.4 is 5.32 Å². The lowest BCUT2D eigenvalue weighted by Crippen LogP contribution is -2.26. The standard InChI is InChI=1S/C9H14N2S/c1-7-6-12-9(11-7)8-2-4-10-5-3-8/h6,8,10H,2-5H2,1H3. The molecule has 0 aromatic carbocycles. The van der Waals surface area contributed by atoms with Crippen molar-refractivity contribution in [2.75, 3.05) is 13.1 Å². The van der Waals surface area contributed by atoms with E-state index in [0.717, 1.165) is 19.0 Å². The Balaban J connectivity index is 2.08. The SMILES string of the molecule is Cc1csc(C2CCNCC2)n1. The molecule has 3 heteroatoms. The molecule has 2 heterocycles. The van der Waals surface area contributed by atoms with Crippen molar-refractivity contribution in [3.05, 3.63) is 16.1 Å². The lowest BCUT2D eigenvalue weighted by atomic mass is 9.99. The second-order valence-corrected chi connectivity index (χ2v) is 4.24. The summed E-state index contributed by atoms with van der Waals surface area (Å²) >= 11 is 1.82. The van der Waals surface area contributed by atoms with E-state index in [1.54, 1.807) is 0 Å². The maximum atomic E-state index is 4.53. The molecule has 1 N–H and O–H groups in total. The quantitative estimate of drug-likeness (QED) is 0.717. The molecule has 1 aliphatic heterocycles. The molecule has 0 bridgehead atoms. The Morgan fingerprint density at radius 3 is 2.83 bits per heavy atom. The molecular weight excluding hydrogens is 168 g/mol. The van der Waals surface area contributed by atoms with E-state index in [4.69, 9.17) is 0 Å². The van der Waals surface area contributed by atoms with Crippen molar-refractivity contribution < 1.29 is 0 Å². The summed E-state index contributed by atoms with van der Waals surface area (Å²) in [5.41, 5.74) is 1.17. The monoisotopic (exact) mass is 182 g/mol. The average Bonchev–Trinajstić information content (AvgIpc) is 2.54. The van der Waals surface area contributed by atoms with Gasteiger partial charge in [0.15, 0.2) is 0 Å². The van der Waals surface area contributed by atoms with Gasteiger partial charge in [-0.2, -0.15) is 0 Å². The first-order valence-electron chi connectivity index (χ1n) is 4.49. The molecular formula is C9H14N2S. The third-order valence-corrected chi connectivity index (χ3v) is 3.45.